The van der Waals surface area contributed by atoms with Crippen LogP contribution in [0, 0.1) is 5.41 Å². The second kappa shape index (κ2) is 5.51. The van der Waals surface area contributed by atoms with Crippen LogP contribution >= 0.6 is 0 Å². The Hall–Kier alpha value is -0.800. The molecule has 2 rings (SSSR count). The van der Waals surface area contributed by atoms with Crippen LogP contribution in [0.2, 0.25) is 0 Å². The van der Waals surface area contributed by atoms with Crippen LogP contribution in [0.3, 0.4) is 0 Å². The Balaban J connectivity index is 1.70. The number of ether oxygens (including phenoxy) is 1. The lowest BCUT2D eigenvalue weighted by molar-refractivity contribution is 0.0689. The summed E-state index contributed by atoms with van der Waals surface area (Å²) in [5.74, 6) is 0. The molecule has 1 fully saturated rings. The molecule has 0 aliphatic heterocycles. The first-order valence-corrected chi connectivity index (χ1v) is 6.16. The zero-order valence-electron chi connectivity index (χ0n) is 10.1. The van der Waals surface area contributed by atoms with E-state index in [9.17, 15) is 0 Å². The van der Waals surface area contributed by atoms with Crippen LogP contribution in [0.15, 0.2) is 18.5 Å². The van der Waals surface area contributed by atoms with Crippen LogP contribution in [-0.4, -0.2) is 25.2 Å². The molecule has 1 heterocycles. The second-order valence-corrected chi connectivity index (χ2v) is 4.92. The van der Waals surface area contributed by atoms with Crippen molar-refractivity contribution >= 4 is 0 Å². The van der Waals surface area contributed by atoms with Crippen molar-refractivity contribution in [3.63, 3.8) is 0 Å². The van der Waals surface area contributed by atoms with E-state index in [2.05, 4.69) is 22.6 Å². The zero-order chi connectivity index (χ0) is 11.3. The fourth-order valence-corrected chi connectivity index (χ4v) is 2.45. The molecule has 1 aliphatic rings. The topological polar surface area (TPSA) is 37.0 Å². The van der Waals surface area contributed by atoms with Crippen molar-refractivity contribution in [3.05, 3.63) is 24.0 Å². The van der Waals surface area contributed by atoms with Gasteiger partial charge in [-0.05, 0) is 36.3 Å². The maximum absolute atomic E-state index is 5.19. The minimum Gasteiger partial charge on any atom is -0.385 e. The number of H-pyrrole nitrogens is 1. The van der Waals surface area contributed by atoms with Crippen molar-refractivity contribution in [2.75, 3.05) is 20.3 Å². The highest BCUT2D eigenvalue weighted by Crippen LogP contribution is 2.43. The Morgan fingerprint density at radius 1 is 1.50 bits per heavy atom. The number of aromatic amines is 1. The van der Waals surface area contributed by atoms with Gasteiger partial charge in [0.15, 0.2) is 0 Å². The first kappa shape index (κ1) is 11.7. The minimum atomic E-state index is 0.520. The molecule has 0 radical (unpaired) electrons. The van der Waals surface area contributed by atoms with Gasteiger partial charge in [0.05, 0.1) is 0 Å². The van der Waals surface area contributed by atoms with Gasteiger partial charge in [0.25, 0.3) is 0 Å². The van der Waals surface area contributed by atoms with Gasteiger partial charge >= 0.3 is 0 Å². The van der Waals surface area contributed by atoms with E-state index in [1.165, 1.54) is 31.2 Å². The monoisotopic (exact) mass is 222 g/mol. The van der Waals surface area contributed by atoms with Crippen molar-refractivity contribution in [2.24, 2.45) is 5.41 Å². The van der Waals surface area contributed by atoms with E-state index in [1.54, 1.807) is 7.11 Å². The summed E-state index contributed by atoms with van der Waals surface area (Å²) in [5, 5.41) is 3.56. The molecule has 1 aromatic heterocycles. The summed E-state index contributed by atoms with van der Waals surface area (Å²) in [4.78, 5) is 3.08. The number of hydrogen-bond donors (Lipinski definition) is 2. The standard InChI is InChI=1S/C13H22N2O/c1-16-8-6-13(4-2-5-13)11-15-10-12-3-7-14-9-12/h3,7,9,14-15H,2,4-6,8,10-11H2,1H3. The molecule has 1 aromatic rings. The van der Waals surface area contributed by atoms with E-state index in [1.807, 2.05) is 6.20 Å². The SMILES string of the molecule is COCCC1(CNCc2cc[nH]c2)CCC1. The molecule has 0 amide bonds. The zero-order valence-corrected chi connectivity index (χ0v) is 10.1. The molecule has 0 spiro atoms. The smallest absolute Gasteiger partial charge is 0.0468 e. The van der Waals surface area contributed by atoms with E-state index in [0.717, 1.165) is 19.7 Å². The Labute approximate surface area is 97.6 Å². The Kier molecular flexibility index (Phi) is 4.02. The molecule has 0 bridgehead atoms. The molecule has 2 N–H and O–H groups in total. The maximum atomic E-state index is 5.19. The summed E-state index contributed by atoms with van der Waals surface area (Å²) < 4.78 is 5.19. The highest BCUT2D eigenvalue weighted by molar-refractivity contribution is 5.07. The highest BCUT2D eigenvalue weighted by Gasteiger charge is 2.35. The summed E-state index contributed by atoms with van der Waals surface area (Å²) in [6, 6.07) is 2.12. The molecule has 16 heavy (non-hydrogen) atoms. The fraction of sp³-hybridized carbons (Fsp3) is 0.692. The number of methoxy groups -OCH3 is 1. The molecule has 1 saturated carbocycles. The summed E-state index contributed by atoms with van der Waals surface area (Å²) in [7, 11) is 1.79. The molecule has 3 nitrogen and oxygen atoms in total. The largest absolute Gasteiger partial charge is 0.385 e. The van der Waals surface area contributed by atoms with E-state index >= 15 is 0 Å². The van der Waals surface area contributed by atoms with Gasteiger partial charge in [0.1, 0.15) is 0 Å². The molecule has 0 saturated heterocycles. The number of aromatic nitrogens is 1. The van der Waals surface area contributed by atoms with Gasteiger partial charge in [-0.2, -0.15) is 0 Å². The minimum absolute atomic E-state index is 0.520. The van der Waals surface area contributed by atoms with E-state index in [4.69, 9.17) is 4.74 Å². The lowest BCUT2D eigenvalue weighted by atomic mass is 9.67. The van der Waals surface area contributed by atoms with Crippen LogP contribution in [0.4, 0.5) is 0 Å². The summed E-state index contributed by atoms with van der Waals surface area (Å²) in [6.07, 6.45) is 9.32. The Morgan fingerprint density at radius 3 is 2.94 bits per heavy atom. The van der Waals surface area contributed by atoms with E-state index in [0.29, 0.717) is 5.41 Å². The highest BCUT2D eigenvalue weighted by atomic mass is 16.5. The number of rotatable bonds is 7. The third kappa shape index (κ3) is 2.86. The van der Waals surface area contributed by atoms with Gasteiger partial charge in [-0.3, -0.25) is 0 Å². The summed E-state index contributed by atoms with van der Waals surface area (Å²) in [5.41, 5.74) is 1.85. The average molecular weight is 222 g/mol. The van der Waals surface area contributed by atoms with Gasteiger partial charge in [-0.1, -0.05) is 6.42 Å². The molecule has 3 heteroatoms. The van der Waals surface area contributed by atoms with E-state index in [-0.39, 0.29) is 0 Å². The van der Waals surface area contributed by atoms with Crippen molar-refractivity contribution in [2.45, 2.75) is 32.2 Å². The molecule has 0 atom stereocenters. The van der Waals surface area contributed by atoms with Crippen LogP contribution < -0.4 is 5.32 Å². The van der Waals surface area contributed by atoms with Crippen molar-refractivity contribution in [1.29, 1.82) is 0 Å². The van der Waals surface area contributed by atoms with Crippen LogP contribution in [0.5, 0.6) is 0 Å². The molecule has 0 aromatic carbocycles. The van der Waals surface area contributed by atoms with Gasteiger partial charge in [0.2, 0.25) is 0 Å². The Bertz CT molecular complexity index is 291. The number of nitrogens with one attached hydrogen (secondary N) is 2. The Morgan fingerprint density at radius 2 is 2.38 bits per heavy atom. The normalized spacial score (nSPS) is 18.3. The molecular weight excluding hydrogens is 200 g/mol. The van der Waals surface area contributed by atoms with Gasteiger partial charge in [-0.15, -0.1) is 0 Å². The van der Waals surface area contributed by atoms with Gasteiger partial charge in [-0.25, -0.2) is 0 Å². The molecular formula is C13H22N2O. The molecule has 1 aliphatic carbocycles. The predicted octanol–water partition coefficient (Wildman–Crippen LogP) is 2.31. The maximum Gasteiger partial charge on any atom is 0.0468 e. The van der Waals surface area contributed by atoms with Gasteiger partial charge < -0.3 is 15.0 Å². The fourth-order valence-electron chi connectivity index (χ4n) is 2.45. The third-order valence-corrected chi connectivity index (χ3v) is 3.74. The van der Waals surface area contributed by atoms with Crippen LogP contribution in [-0.2, 0) is 11.3 Å². The lowest BCUT2D eigenvalue weighted by Gasteiger charge is -2.42. The average Bonchev–Trinajstić information content (AvgIpc) is 2.73. The quantitative estimate of drug-likeness (QED) is 0.743. The van der Waals surface area contributed by atoms with Crippen molar-refractivity contribution in [1.82, 2.24) is 10.3 Å². The first-order chi connectivity index (χ1) is 7.85. The lowest BCUT2D eigenvalue weighted by Crippen LogP contribution is -2.40. The van der Waals surface area contributed by atoms with Gasteiger partial charge in [0, 0.05) is 39.2 Å². The van der Waals surface area contributed by atoms with Crippen LogP contribution in [0.25, 0.3) is 0 Å². The summed E-state index contributed by atoms with van der Waals surface area (Å²) in [6.45, 7) is 2.99. The first-order valence-electron chi connectivity index (χ1n) is 6.16. The number of hydrogen-bond acceptors (Lipinski definition) is 2. The molecule has 90 valence electrons. The second-order valence-electron chi connectivity index (χ2n) is 4.92. The summed E-state index contributed by atoms with van der Waals surface area (Å²) >= 11 is 0. The molecule has 0 unspecified atom stereocenters. The van der Waals surface area contributed by atoms with Crippen molar-refractivity contribution in [3.8, 4) is 0 Å². The predicted molar refractivity (Wildman–Crippen MR) is 65.3 cm³/mol. The van der Waals surface area contributed by atoms with Crippen molar-refractivity contribution < 1.29 is 4.74 Å². The van der Waals surface area contributed by atoms with Crippen LogP contribution in [0.1, 0.15) is 31.2 Å². The third-order valence-electron chi connectivity index (χ3n) is 3.74. The van der Waals surface area contributed by atoms with E-state index < -0.39 is 0 Å².